The maximum absolute atomic E-state index is 10.2. The molecule has 0 spiro atoms. The Hall–Kier alpha value is -3.00. The Morgan fingerprint density at radius 1 is 0.758 bits per heavy atom. The molecule has 0 fully saturated rings. The molecule has 0 saturated carbocycles. The Morgan fingerprint density at radius 2 is 1.30 bits per heavy atom. The molecule has 1 N–H and O–H groups in total. The van der Waals surface area contributed by atoms with Crippen molar-refractivity contribution in [3.8, 4) is 17.2 Å². The fourth-order valence-electron chi connectivity index (χ4n) is 3.56. The number of aromatic hydroxyl groups is 1. The number of phenols is 1. The van der Waals surface area contributed by atoms with Crippen LogP contribution in [0.25, 0.3) is 6.08 Å². The van der Waals surface area contributed by atoms with Gasteiger partial charge in [0, 0.05) is 11.1 Å². The molecule has 0 atom stereocenters. The van der Waals surface area contributed by atoms with Gasteiger partial charge in [0.2, 0.25) is 0 Å². The standard InChI is InChI=1S/C16H24O.C15H16O/c1-8-11-9-12(15(2,3)4)10-13(14(11)17)16(5,6)7;1-11-7-4-5-10-14(11)16-15-12(2)8-6-9-13(15)3/h8-10,17H,1H2,2-7H3;4-10H,1-3H3. The average Bonchev–Trinajstić information content (AvgIpc) is 2.71. The molecule has 176 valence electrons. The quantitative estimate of drug-likeness (QED) is 0.436. The molecule has 0 aromatic heterocycles. The van der Waals surface area contributed by atoms with E-state index in [9.17, 15) is 5.11 Å². The Labute approximate surface area is 201 Å². The van der Waals surface area contributed by atoms with Crippen molar-refractivity contribution in [1.29, 1.82) is 0 Å². The molecule has 0 heterocycles. The summed E-state index contributed by atoms with van der Waals surface area (Å²) in [5, 5.41) is 10.2. The minimum atomic E-state index is -0.0664. The van der Waals surface area contributed by atoms with Gasteiger partial charge in [0.1, 0.15) is 17.2 Å². The maximum atomic E-state index is 10.2. The lowest BCUT2D eigenvalue weighted by atomic mass is 9.79. The molecule has 3 rings (SSSR count). The third-order valence-corrected chi connectivity index (χ3v) is 5.75. The van der Waals surface area contributed by atoms with Gasteiger partial charge in [-0.25, -0.2) is 0 Å². The third kappa shape index (κ3) is 6.74. The van der Waals surface area contributed by atoms with Crippen LogP contribution in [0.5, 0.6) is 17.2 Å². The molecule has 3 aromatic carbocycles. The second-order valence-electron chi connectivity index (χ2n) is 10.8. The minimum absolute atomic E-state index is 0.0664. The summed E-state index contributed by atoms with van der Waals surface area (Å²) >= 11 is 0. The van der Waals surface area contributed by atoms with Gasteiger partial charge in [0.25, 0.3) is 0 Å². The fraction of sp³-hybridized carbons (Fsp3) is 0.355. The zero-order valence-corrected chi connectivity index (χ0v) is 21.8. The SMILES string of the molecule is C=Cc1cc(C(C)(C)C)cc(C(C)(C)C)c1O.Cc1ccccc1Oc1c(C)cccc1C. The molecule has 0 radical (unpaired) electrons. The summed E-state index contributed by atoms with van der Waals surface area (Å²) in [7, 11) is 0. The molecule has 2 nitrogen and oxygen atoms in total. The highest BCUT2D eigenvalue weighted by Crippen LogP contribution is 2.38. The van der Waals surface area contributed by atoms with E-state index in [1.165, 1.54) is 16.7 Å². The van der Waals surface area contributed by atoms with Gasteiger partial charge in [0.05, 0.1) is 0 Å². The summed E-state index contributed by atoms with van der Waals surface area (Å²) < 4.78 is 5.97. The van der Waals surface area contributed by atoms with Crippen molar-refractivity contribution in [2.24, 2.45) is 0 Å². The van der Waals surface area contributed by atoms with Crippen LogP contribution in [0.15, 0.2) is 61.2 Å². The first-order chi connectivity index (χ1) is 15.3. The predicted octanol–water partition coefficient (Wildman–Crippen LogP) is 9.03. The molecular formula is C31H40O2. The number of rotatable bonds is 3. The van der Waals surface area contributed by atoms with Crippen LogP contribution in [0.3, 0.4) is 0 Å². The first-order valence-corrected chi connectivity index (χ1v) is 11.6. The van der Waals surface area contributed by atoms with Crippen LogP contribution >= 0.6 is 0 Å². The highest BCUT2D eigenvalue weighted by molar-refractivity contribution is 5.61. The summed E-state index contributed by atoms with van der Waals surface area (Å²) in [6.07, 6.45) is 1.72. The third-order valence-electron chi connectivity index (χ3n) is 5.75. The van der Waals surface area contributed by atoms with Gasteiger partial charge in [-0.3, -0.25) is 0 Å². The first kappa shape index (κ1) is 26.3. The Bertz CT molecular complexity index is 1090. The highest BCUT2D eigenvalue weighted by Gasteiger charge is 2.24. The molecule has 0 aliphatic heterocycles. The van der Waals surface area contributed by atoms with Crippen LogP contribution in [0.4, 0.5) is 0 Å². The lowest BCUT2D eigenvalue weighted by Crippen LogP contribution is -2.17. The number of benzene rings is 3. The van der Waals surface area contributed by atoms with Crippen LogP contribution in [0.1, 0.15) is 74.9 Å². The van der Waals surface area contributed by atoms with E-state index in [1.807, 2.05) is 24.3 Å². The van der Waals surface area contributed by atoms with Gasteiger partial charge in [0.15, 0.2) is 0 Å². The summed E-state index contributed by atoms with van der Waals surface area (Å²) in [6, 6.07) is 18.4. The van der Waals surface area contributed by atoms with E-state index < -0.39 is 0 Å². The number of hydrogen-bond acceptors (Lipinski definition) is 2. The molecule has 0 aliphatic carbocycles. The smallest absolute Gasteiger partial charge is 0.133 e. The van der Waals surface area contributed by atoms with Gasteiger partial charge in [-0.15, -0.1) is 0 Å². The molecular weight excluding hydrogens is 404 g/mol. The van der Waals surface area contributed by atoms with Crippen LogP contribution in [0.2, 0.25) is 0 Å². The van der Waals surface area contributed by atoms with Crippen LogP contribution in [-0.4, -0.2) is 5.11 Å². The largest absolute Gasteiger partial charge is 0.507 e. The van der Waals surface area contributed by atoms with Gasteiger partial charge in [-0.05, 0) is 66.0 Å². The number of para-hydroxylation sites is 2. The number of phenolic OH excluding ortho intramolecular Hbond substituents is 1. The second kappa shape index (κ2) is 10.3. The van der Waals surface area contributed by atoms with Crippen molar-refractivity contribution in [3.63, 3.8) is 0 Å². The van der Waals surface area contributed by atoms with E-state index in [0.717, 1.165) is 28.2 Å². The van der Waals surface area contributed by atoms with E-state index in [1.54, 1.807) is 6.08 Å². The van der Waals surface area contributed by atoms with E-state index in [2.05, 4.69) is 99.2 Å². The summed E-state index contributed by atoms with van der Waals surface area (Å²) in [5.74, 6) is 2.26. The van der Waals surface area contributed by atoms with Crippen LogP contribution in [0, 0.1) is 20.8 Å². The van der Waals surface area contributed by atoms with Gasteiger partial charge < -0.3 is 9.84 Å². The summed E-state index contributed by atoms with van der Waals surface area (Å²) in [6.45, 7) is 22.9. The molecule has 3 aromatic rings. The Balaban J connectivity index is 0.000000234. The van der Waals surface area contributed by atoms with Gasteiger partial charge >= 0.3 is 0 Å². The summed E-state index contributed by atoms with van der Waals surface area (Å²) in [5.41, 5.74) is 6.54. The van der Waals surface area contributed by atoms with E-state index in [0.29, 0.717) is 5.75 Å². The Kier molecular flexibility index (Phi) is 8.19. The zero-order valence-electron chi connectivity index (χ0n) is 21.8. The lowest BCUT2D eigenvalue weighted by molar-refractivity contribution is 0.443. The van der Waals surface area contributed by atoms with Crippen molar-refractivity contribution in [1.82, 2.24) is 0 Å². The Morgan fingerprint density at radius 3 is 1.79 bits per heavy atom. The molecule has 0 unspecified atom stereocenters. The summed E-state index contributed by atoms with van der Waals surface area (Å²) in [4.78, 5) is 0. The minimum Gasteiger partial charge on any atom is -0.507 e. The van der Waals surface area contributed by atoms with Crippen molar-refractivity contribution in [2.75, 3.05) is 0 Å². The van der Waals surface area contributed by atoms with E-state index in [4.69, 9.17) is 4.74 Å². The van der Waals surface area contributed by atoms with Crippen LogP contribution in [-0.2, 0) is 10.8 Å². The number of aryl methyl sites for hydroxylation is 3. The fourth-order valence-corrected chi connectivity index (χ4v) is 3.56. The highest BCUT2D eigenvalue weighted by atomic mass is 16.5. The molecule has 33 heavy (non-hydrogen) atoms. The lowest BCUT2D eigenvalue weighted by Gasteiger charge is -2.27. The van der Waals surface area contributed by atoms with Crippen molar-refractivity contribution in [2.45, 2.75) is 73.1 Å². The second-order valence-corrected chi connectivity index (χ2v) is 10.8. The molecule has 0 saturated heterocycles. The predicted molar refractivity (Wildman–Crippen MR) is 143 cm³/mol. The van der Waals surface area contributed by atoms with E-state index >= 15 is 0 Å². The van der Waals surface area contributed by atoms with Crippen molar-refractivity contribution < 1.29 is 9.84 Å². The average molecular weight is 445 g/mol. The van der Waals surface area contributed by atoms with Crippen molar-refractivity contribution in [3.05, 3.63) is 94.6 Å². The molecule has 2 heteroatoms. The molecule has 0 aliphatic rings. The monoisotopic (exact) mass is 444 g/mol. The topological polar surface area (TPSA) is 29.5 Å². The maximum Gasteiger partial charge on any atom is 0.133 e. The first-order valence-electron chi connectivity index (χ1n) is 11.6. The molecule has 0 amide bonds. The normalized spacial score (nSPS) is 11.4. The number of ether oxygens (including phenoxy) is 1. The van der Waals surface area contributed by atoms with E-state index in [-0.39, 0.29) is 10.8 Å². The van der Waals surface area contributed by atoms with Crippen LogP contribution < -0.4 is 4.74 Å². The number of hydrogen-bond donors (Lipinski definition) is 1. The van der Waals surface area contributed by atoms with Gasteiger partial charge in [-0.2, -0.15) is 0 Å². The van der Waals surface area contributed by atoms with Crippen molar-refractivity contribution >= 4 is 6.08 Å². The zero-order chi connectivity index (χ0) is 25.0. The van der Waals surface area contributed by atoms with Gasteiger partial charge in [-0.1, -0.05) is 96.7 Å². The molecule has 0 bridgehead atoms.